The summed E-state index contributed by atoms with van der Waals surface area (Å²) in [6.07, 6.45) is 0. The standard InChI is InChI=1S/C26H27ClN2O4S2/c1-26(2,3)19-6-10-21(11-7-19)33-15-14-28-35(31,32)22-12-13-23-24(16-22)34-25(30)29(23)17-18-4-8-20(27)9-5-18/h4-13,16,28H,14-15,17H2,1-3H3. The van der Waals surface area contributed by atoms with Gasteiger partial charge in [-0.1, -0.05) is 68.0 Å². The lowest BCUT2D eigenvalue weighted by molar-refractivity contribution is 0.322. The molecule has 0 aliphatic carbocycles. The quantitative estimate of drug-likeness (QED) is 0.309. The smallest absolute Gasteiger partial charge is 0.308 e. The normalized spacial score (nSPS) is 12.2. The average Bonchev–Trinajstić information content (AvgIpc) is 3.12. The number of halogens is 1. The van der Waals surface area contributed by atoms with E-state index in [0.717, 1.165) is 16.9 Å². The molecule has 0 saturated carbocycles. The summed E-state index contributed by atoms with van der Waals surface area (Å²) in [5, 5.41) is 0.627. The molecule has 0 aliphatic rings. The van der Waals surface area contributed by atoms with Gasteiger partial charge in [0.05, 0.1) is 21.7 Å². The van der Waals surface area contributed by atoms with Crippen LogP contribution < -0.4 is 14.3 Å². The zero-order valence-electron chi connectivity index (χ0n) is 19.7. The molecule has 4 aromatic rings. The molecular weight excluding hydrogens is 504 g/mol. The molecule has 0 saturated heterocycles. The lowest BCUT2D eigenvalue weighted by atomic mass is 9.87. The topological polar surface area (TPSA) is 77.4 Å². The highest BCUT2D eigenvalue weighted by atomic mass is 35.5. The lowest BCUT2D eigenvalue weighted by Crippen LogP contribution is -2.28. The third-order valence-electron chi connectivity index (χ3n) is 5.59. The molecule has 0 amide bonds. The van der Waals surface area contributed by atoms with Gasteiger partial charge in [0.25, 0.3) is 0 Å². The Morgan fingerprint density at radius 2 is 1.69 bits per heavy atom. The van der Waals surface area contributed by atoms with Gasteiger partial charge in [0.2, 0.25) is 10.0 Å². The van der Waals surface area contributed by atoms with Crippen molar-refractivity contribution in [1.29, 1.82) is 0 Å². The highest BCUT2D eigenvalue weighted by molar-refractivity contribution is 7.89. The Bertz CT molecular complexity index is 1480. The highest BCUT2D eigenvalue weighted by Crippen LogP contribution is 2.25. The second-order valence-electron chi connectivity index (χ2n) is 9.23. The summed E-state index contributed by atoms with van der Waals surface area (Å²) in [7, 11) is -3.75. The fourth-order valence-electron chi connectivity index (χ4n) is 3.62. The summed E-state index contributed by atoms with van der Waals surface area (Å²) < 4.78 is 36.1. The Morgan fingerprint density at radius 3 is 2.34 bits per heavy atom. The maximum atomic E-state index is 12.8. The predicted molar refractivity (Wildman–Crippen MR) is 142 cm³/mol. The van der Waals surface area contributed by atoms with Gasteiger partial charge in [-0.2, -0.15) is 0 Å². The second kappa shape index (κ2) is 10.1. The molecule has 0 radical (unpaired) electrons. The van der Waals surface area contributed by atoms with Crippen LogP contribution in [0.15, 0.2) is 76.4 Å². The van der Waals surface area contributed by atoms with E-state index in [-0.39, 0.29) is 28.3 Å². The van der Waals surface area contributed by atoms with E-state index in [1.807, 2.05) is 36.4 Å². The van der Waals surface area contributed by atoms with Gasteiger partial charge >= 0.3 is 4.87 Å². The summed E-state index contributed by atoms with van der Waals surface area (Å²) in [5.41, 5.74) is 2.88. The summed E-state index contributed by atoms with van der Waals surface area (Å²) in [4.78, 5) is 12.5. The molecule has 0 atom stereocenters. The van der Waals surface area contributed by atoms with Gasteiger partial charge in [0.1, 0.15) is 12.4 Å². The van der Waals surface area contributed by atoms with Gasteiger partial charge in [-0.15, -0.1) is 0 Å². The fourth-order valence-corrected chi connectivity index (χ4v) is 5.78. The molecule has 1 N–H and O–H groups in total. The van der Waals surface area contributed by atoms with Crippen LogP contribution in [0.5, 0.6) is 5.75 Å². The van der Waals surface area contributed by atoms with Gasteiger partial charge < -0.3 is 4.74 Å². The minimum atomic E-state index is -3.75. The largest absolute Gasteiger partial charge is 0.492 e. The number of benzene rings is 3. The molecule has 0 unspecified atom stereocenters. The van der Waals surface area contributed by atoms with Gasteiger partial charge in [-0.3, -0.25) is 9.36 Å². The van der Waals surface area contributed by atoms with E-state index in [4.69, 9.17) is 16.3 Å². The molecule has 9 heteroatoms. The molecular formula is C26H27ClN2O4S2. The third-order valence-corrected chi connectivity index (χ3v) is 8.24. The molecule has 35 heavy (non-hydrogen) atoms. The van der Waals surface area contributed by atoms with Crippen molar-refractivity contribution in [2.75, 3.05) is 13.2 Å². The maximum absolute atomic E-state index is 12.8. The first-order valence-electron chi connectivity index (χ1n) is 11.1. The van der Waals surface area contributed by atoms with Crippen molar-refractivity contribution in [3.05, 3.63) is 92.5 Å². The molecule has 0 fully saturated rings. The van der Waals surface area contributed by atoms with Crippen LogP contribution in [-0.4, -0.2) is 26.1 Å². The highest BCUT2D eigenvalue weighted by Gasteiger charge is 2.17. The number of sulfonamides is 1. The van der Waals surface area contributed by atoms with Crippen molar-refractivity contribution in [3.63, 3.8) is 0 Å². The number of aromatic nitrogens is 1. The molecule has 4 rings (SSSR count). The van der Waals surface area contributed by atoms with Crippen molar-refractivity contribution < 1.29 is 13.2 Å². The molecule has 0 aliphatic heterocycles. The zero-order valence-corrected chi connectivity index (χ0v) is 22.1. The Hall–Kier alpha value is -2.65. The van der Waals surface area contributed by atoms with Crippen LogP contribution in [0.25, 0.3) is 10.2 Å². The van der Waals surface area contributed by atoms with Crippen molar-refractivity contribution >= 4 is 43.2 Å². The zero-order chi connectivity index (χ0) is 25.2. The maximum Gasteiger partial charge on any atom is 0.308 e. The molecule has 184 valence electrons. The number of fused-ring (bicyclic) bond motifs is 1. The van der Waals surface area contributed by atoms with E-state index in [0.29, 0.717) is 27.5 Å². The molecule has 0 bridgehead atoms. The molecule has 1 aromatic heterocycles. The third kappa shape index (κ3) is 6.13. The SMILES string of the molecule is CC(C)(C)c1ccc(OCCNS(=O)(=O)c2ccc3c(c2)sc(=O)n3Cc2ccc(Cl)cc2)cc1. The first kappa shape index (κ1) is 25.4. The number of rotatable bonds is 8. The van der Waals surface area contributed by atoms with Crippen LogP contribution in [0.1, 0.15) is 31.9 Å². The second-order valence-corrected chi connectivity index (χ2v) is 12.4. The van der Waals surface area contributed by atoms with Gasteiger partial charge in [-0.05, 0) is 59.0 Å². The Morgan fingerprint density at radius 1 is 1.00 bits per heavy atom. The number of hydrogen-bond acceptors (Lipinski definition) is 5. The van der Waals surface area contributed by atoms with Crippen LogP contribution in [0.3, 0.4) is 0 Å². The lowest BCUT2D eigenvalue weighted by Gasteiger charge is -2.19. The van der Waals surface area contributed by atoms with Crippen molar-refractivity contribution in [3.8, 4) is 5.75 Å². The molecule has 3 aromatic carbocycles. The van der Waals surface area contributed by atoms with Gasteiger partial charge in [-0.25, -0.2) is 13.1 Å². The van der Waals surface area contributed by atoms with E-state index >= 15 is 0 Å². The van der Waals surface area contributed by atoms with Crippen molar-refractivity contribution in [1.82, 2.24) is 9.29 Å². The molecule has 6 nitrogen and oxygen atoms in total. The summed E-state index contributed by atoms with van der Waals surface area (Å²) in [6.45, 7) is 7.12. The summed E-state index contributed by atoms with van der Waals surface area (Å²) >= 11 is 6.96. The van der Waals surface area contributed by atoms with E-state index in [1.54, 1.807) is 22.8 Å². The number of hydrogen-bond donors (Lipinski definition) is 1. The predicted octanol–water partition coefficient (Wildman–Crippen LogP) is 5.42. The number of nitrogens with one attached hydrogen (secondary N) is 1. The van der Waals surface area contributed by atoms with Gasteiger partial charge in [0.15, 0.2) is 0 Å². The minimum Gasteiger partial charge on any atom is -0.492 e. The molecule has 0 spiro atoms. The van der Waals surface area contributed by atoms with Crippen LogP contribution >= 0.6 is 22.9 Å². The van der Waals surface area contributed by atoms with Crippen LogP contribution in [0, 0.1) is 0 Å². The number of thiazole rings is 1. The number of nitrogens with zero attached hydrogens (tertiary/aromatic N) is 1. The summed E-state index contributed by atoms with van der Waals surface area (Å²) in [6, 6.07) is 19.8. The average molecular weight is 531 g/mol. The minimum absolute atomic E-state index is 0.0554. The summed E-state index contributed by atoms with van der Waals surface area (Å²) in [5.74, 6) is 0.686. The monoisotopic (exact) mass is 530 g/mol. The van der Waals surface area contributed by atoms with Gasteiger partial charge in [0, 0.05) is 11.6 Å². The van der Waals surface area contributed by atoms with Crippen LogP contribution in [0.4, 0.5) is 0 Å². The first-order valence-corrected chi connectivity index (χ1v) is 13.8. The Balaban J connectivity index is 1.41. The van der Waals surface area contributed by atoms with Crippen LogP contribution in [0.2, 0.25) is 5.02 Å². The Kier molecular flexibility index (Phi) is 7.38. The van der Waals surface area contributed by atoms with E-state index in [9.17, 15) is 13.2 Å². The number of ether oxygens (including phenoxy) is 1. The fraction of sp³-hybridized carbons (Fsp3) is 0.269. The van der Waals surface area contributed by atoms with E-state index in [1.165, 1.54) is 17.7 Å². The van der Waals surface area contributed by atoms with E-state index < -0.39 is 10.0 Å². The first-order chi connectivity index (χ1) is 16.5. The Labute approximate surface area is 214 Å². The molecule has 1 heterocycles. The van der Waals surface area contributed by atoms with E-state index in [2.05, 4.69) is 25.5 Å². The van der Waals surface area contributed by atoms with Crippen molar-refractivity contribution in [2.24, 2.45) is 0 Å². The van der Waals surface area contributed by atoms with Crippen molar-refractivity contribution in [2.45, 2.75) is 37.6 Å². The van der Waals surface area contributed by atoms with Crippen LogP contribution in [-0.2, 0) is 22.0 Å².